The van der Waals surface area contributed by atoms with Crippen LogP contribution in [0.15, 0.2) is 174 Å². The van der Waals surface area contributed by atoms with E-state index in [9.17, 15) is 15.1 Å². The quantitative estimate of drug-likeness (QED) is 0.178. The van der Waals surface area contributed by atoms with Gasteiger partial charge in [-0.3, -0.25) is 0 Å². The fraction of sp³-hybridized carbons (Fsp3) is 0. The number of hydrogen-bond acceptors (Lipinski definition) is 1. The summed E-state index contributed by atoms with van der Waals surface area (Å²) in [5, 5.41) is -5.36. The largest absolute Gasteiger partial charge is 0.455 e. The Hall–Kier alpha value is -6.18. The smallest absolute Gasteiger partial charge is 0.143 e. The Kier molecular flexibility index (Phi) is 2.37. The van der Waals surface area contributed by atoms with E-state index < -0.39 is 251 Å². The monoisotopic (exact) mass is 623 g/mol. The Morgan fingerprint density at radius 3 is 1.72 bits per heavy atom. The van der Waals surface area contributed by atoms with Crippen LogP contribution in [0.1, 0.15) is 37.0 Å². The zero-order valence-corrected chi connectivity index (χ0v) is 23.5. The zero-order chi connectivity index (χ0) is 54.4. The maximum atomic E-state index is 9.96. The molecule has 0 amide bonds. The lowest BCUT2D eigenvalue weighted by molar-refractivity contribution is 0.670. The van der Waals surface area contributed by atoms with E-state index in [1.54, 1.807) is 0 Å². The van der Waals surface area contributed by atoms with Crippen molar-refractivity contribution >= 4 is 65.0 Å². The first-order valence-electron chi connectivity index (χ1n) is 27.5. The van der Waals surface area contributed by atoms with Crippen molar-refractivity contribution in [2.45, 2.75) is 0 Å². The van der Waals surface area contributed by atoms with Gasteiger partial charge in [-0.25, -0.2) is 0 Å². The molecule has 0 unspecified atom stereocenters. The van der Waals surface area contributed by atoms with E-state index in [1.165, 1.54) is 0 Å². The molecule has 1 heterocycles. The van der Waals surface area contributed by atoms with Crippen molar-refractivity contribution in [3.63, 3.8) is 0 Å². The molecule has 0 spiro atoms. The Morgan fingerprint density at radius 1 is 0.383 bits per heavy atom. The molecule has 9 aromatic carbocycles. The molecule has 0 aliphatic carbocycles. The molecule has 0 saturated carbocycles. The molecule has 0 aliphatic rings. The summed E-state index contributed by atoms with van der Waals surface area (Å²) in [4.78, 5) is 0. The van der Waals surface area contributed by atoms with Crippen LogP contribution in [0.5, 0.6) is 0 Å². The number of hydrogen-bond donors (Lipinski definition) is 0. The van der Waals surface area contributed by atoms with E-state index in [0.29, 0.717) is 0 Å². The van der Waals surface area contributed by atoms with Crippen molar-refractivity contribution in [1.82, 2.24) is 0 Å². The predicted molar refractivity (Wildman–Crippen MR) is 200 cm³/mol. The van der Waals surface area contributed by atoms with Crippen LogP contribution in [0.25, 0.3) is 98.4 Å². The van der Waals surface area contributed by atoms with Crippen molar-refractivity contribution in [3.8, 4) is 33.4 Å². The summed E-state index contributed by atoms with van der Waals surface area (Å²) in [6.45, 7) is 0. The molecule has 1 heteroatoms. The average Bonchev–Trinajstić information content (AvgIpc) is 3.76. The molecular weight excluding hydrogens is 569 g/mol. The van der Waals surface area contributed by atoms with Crippen molar-refractivity contribution in [1.29, 1.82) is 0 Å². The molecule has 1 nitrogen and oxygen atoms in total. The van der Waals surface area contributed by atoms with Gasteiger partial charge in [-0.15, -0.1) is 0 Å². The molecule has 10 rings (SSSR count). The van der Waals surface area contributed by atoms with Gasteiger partial charge in [0, 0.05) is 16.3 Å². The third-order valence-electron chi connectivity index (χ3n) is 7.82. The standard InChI is InChI=1S/C46H28O/c1-2-13-31-27-34(24-23-29(31)11-1)44-39-19-7-5-17-37(39)43(38-18-6-8-20-40(38)44)33-15-9-14-32(28-33)36-21-10-22-41-45-35-16-4-3-12-30(35)25-26-42(45)47-46(36)41/h1-28H/i1D,2D,3D,4D,5D,6D,7D,8D,9D,10D,11D,12D,14D,15D,16D,17D,18D,19D,20D,21D,22D,23D,24D,25D,26D,27D,28D. The maximum Gasteiger partial charge on any atom is 0.143 e. The third kappa shape index (κ3) is 3.97. The summed E-state index contributed by atoms with van der Waals surface area (Å²) < 4.78 is 249. The minimum atomic E-state index is -1.07. The van der Waals surface area contributed by atoms with E-state index in [2.05, 4.69) is 0 Å². The van der Waals surface area contributed by atoms with Crippen molar-refractivity contribution in [2.24, 2.45) is 0 Å². The van der Waals surface area contributed by atoms with Crippen LogP contribution in [0, 0.1) is 0 Å². The summed E-state index contributed by atoms with van der Waals surface area (Å²) in [5.74, 6) is 0. The van der Waals surface area contributed by atoms with Gasteiger partial charge in [0.25, 0.3) is 0 Å². The van der Waals surface area contributed by atoms with Gasteiger partial charge >= 0.3 is 0 Å². The second-order valence-corrected chi connectivity index (χ2v) is 10.3. The van der Waals surface area contributed by atoms with Crippen LogP contribution in [-0.2, 0) is 0 Å². The highest BCUT2D eigenvalue weighted by Gasteiger charge is 2.19. The minimum Gasteiger partial charge on any atom is -0.455 e. The van der Waals surface area contributed by atoms with Gasteiger partial charge in [0.15, 0.2) is 0 Å². The molecule has 0 aliphatic heterocycles. The third-order valence-corrected chi connectivity index (χ3v) is 7.82. The molecule has 0 fully saturated rings. The number of rotatable bonds is 3. The van der Waals surface area contributed by atoms with Gasteiger partial charge < -0.3 is 4.42 Å². The second-order valence-electron chi connectivity index (χ2n) is 10.3. The Morgan fingerprint density at radius 2 is 0.957 bits per heavy atom. The molecule has 0 N–H and O–H groups in total. The van der Waals surface area contributed by atoms with Crippen LogP contribution < -0.4 is 0 Å². The summed E-state index contributed by atoms with van der Waals surface area (Å²) in [6, 6.07) is -22.6. The van der Waals surface area contributed by atoms with Crippen molar-refractivity contribution < 1.29 is 41.4 Å². The molecule has 0 bridgehead atoms. The van der Waals surface area contributed by atoms with Crippen LogP contribution in [0.4, 0.5) is 0 Å². The van der Waals surface area contributed by atoms with Crippen LogP contribution in [0.3, 0.4) is 0 Å². The molecule has 47 heavy (non-hydrogen) atoms. The van der Waals surface area contributed by atoms with Gasteiger partial charge in [0.1, 0.15) is 11.2 Å². The van der Waals surface area contributed by atoms with E-state index in [1.807, 2.05) is 0 Å². The number of para-hydroxylation sites is 1. The fourth-order valence-electron chi connectivity index (χ4n) is 5.83. The molecule has 0 atom stereocenters. The normalized spacial score (nSPS) is 19.9. The van der Waals surface area contributed by atoms with Gasteiger partial charge in [0.05, 0.1) is 37.0 Å². The topological polar surface area (TPSA) is 13.1 Å². The zero-order valence-electron chi connectivity index (χ0n) is 50.5. The average molecular weight is 624 g/mol. The predicted octanol–water partition coefficient (Wildman–Crippen LogP) is 13.2. The van der Waals surface area contributed by atoms with Crippen molar-refractivity contribution in [2.75, 3.05) is 0 Å². The summed E-state index contributed by atoms with van der Waals surface area (Å²) in [7, 11) is 0. The molecule has 0 radical (unpaired) electrons. The fourth-order valence-corrected chi connectivity index (χ4v) is 5.83. The lowest BCUT2D eigenvalue weighted by Gasteiger charge is -2.18. The summed E-state index contributed by atoms with van der Waals surface area (Å²) >= 11 is 0. The molecule has 10 aromatic rings. The van der Waals surface area contributed by atoms with Gasteiger partial charge in [-0.1, -0.05) is 151 Å². The van der Waals surface area contributed by atoms with Gasteiger partial charge in [-0.05, 0) is 89.0 Å². The van der Waals surface area contributed by atoms with Crippen molar-refractivity contribution in [3.05, 3.63) is 169 Å². The highest BCUT2D eigenvalue weighted by molar-refractivity contribution is 6.23. The van der Waals surface area contributed by atoms with E-state index in [4.69, 9.17) is 26.3 Å². The molecular formula is C46H28O. The first kappa shape index (κ1) is 11.0. The van der Waals surface area contributed by atoms with Gasteiger partial charge in [-0.2, -0.15) is 0 Å². The van der Waals surface area contributed by atoms with E-state index in [0.717, 1.165) is 6.07 Å². The Labute approximate surface area is 309 Å². The van der Waals surface area contributed by atoms with E-state index in [-0.39, 0.29) is 10.8 Å². The van der Waals surface area contributed by atoms with Crippen LogP contribution >= 0.6 is 0 Å². The van der Waals surface area contributed by atoms with Crippen LogP contribution in [0.2, 0.25) is 0 Å². The minimum absolute atomic E-state index is 0.351. The van der Waals surface area contributed by atoms with Gasteiger partial charge in [0.2, 0.25) is 0 Å². The second kappa shape index (κ2) is 10.2. The van der Waals surface area contributed by atoms with E-state index >= 15 is 0 Å². The number of fused-ring (bicyclic) bond motifs is 8. The SMILES string of the molecule is [2H]c1cc2c([2H])c(-c3c4c([2H])c([2H])c([2H])c([2H])c4c(-c4c([2H])c([2H])c([2H])c(-c5c([2H])c([2H])c([2H])c6c5oc5c([2H])c([2H])c7c([2H])c([2H])c([2H])c([2H])c7c56)c4[2H])c4c([2H])c([2H])c([2H])c([2H])c34)c([2H])c([2H])c2c([2H])c1[2H]. The number of furan rings is 1. The van der Waals surface area contributed by atoms with Crippen LogP contribution in [-0.4, -0.2) is 0 Å². The highest BCUT2D eigenvalue weighted by atomic mass is 16.3. The Balaban J connectivity index is 1.48. The number of benzene rings is 9. The lowest BCUT2D eigenvalue weighted by atomic mass is 9.85. The summed E-state index contributed by atoms with van der Waals surface area (Å²) in [6.07, 6.45) is 0. The maximum absolute atomic E-state index is 9.96. The lowest BCUT2D eigenvalue weighted by Crippen LogP contribution is -1.91. The Bertz CT molecular complexity index is 4310. The first-order chi connectivity index (χ1) is 34.6. The molecule has 218 valence electrons. The first-order valence-corrected chi connectivity index (χ1v) is 14.0. The highest BCUT2D eigenvalue weighted by Crippen LogP contribution is 2.45. The molecule has 1 aromatic heterocycles. The summed E-state index contributed by atoms with van der Waals surface area (Å²) in [5.41, 5.74) is -5.74. The molecule has 0 saturated heterocycles.